The fourth-order valence-electron chi connectivity index (χ4n) is 2.19. The molecule has 1 unspecified atom stereocenters. The van der Waals surface area contributed by atoms with E-state index in [-0.39, 0.29) is 18.1 Å². The Morgan fingerprint density at radius 3 is 2.58 bits per heavy atom. The van der Waals surface area contributed by atoms with Crippen LogP contribution in [0.5, 0.6) is 0 Å². The molecule has 0 spiro atoms. The summed E-state index contributed by atoms with van der Waals surface area (Å²) in [4.78, 5) is 12.0. The SMILES string of the molecule is Cc1ccc(NC(=O)C(C)NCC2CC(O)C2)cc1. The van der Waals surface area contributed by atoms with Gasteiger partial charge in [-0.15, -0.1) is 0 Å². The molecule has 1 amide bonds. The molecule has 0 saturated heterocycles. The molecule has 0 radical (unpaired) electrons. The average molecular weight is 262 g/mol. The van der Waals surface area contributed by atoms with Gasteiger partial charge in [0.25, 0.3) is 0 Å². The topological polar surface area (TPSA) is 61.4 Å². The molecule has 1 saturated carbocycles. The highest BCUT2D eigenvalue weighted by molar-refractivity contribution is 5.94. The van der Waals surface area contributed by atoms with Crippen molar-refractivity contribution in [1.82, 2.24) is 5.32 Å². The minimum atomic E-state index is -0.223. The molecule has 1 aliphatic rings. The highest BCUT2D eigenvalue weighted by Crippen LogP contribution is 2.26. The van der Waals surface area contributed by atoms with Crippen molar-refractivity contribution in [2.24, 2.45) is 5.92 Å². The van der Waals surface area contributed by atoms with Gasteiger partial charge in [0.2, 0.25) is 5.91 Å². The maximum absolute atomic E-state index is 12.0. The van der Waals surface area contributed by atoms with Crippen LogP contribution in [-0.2, 0) is 4.79 Å². The number of benzene rings is 1. The van der Waals surface area contributed by atoms with E-state index in [0.29, 0.717) is 5.92 Å². The lowest BCUT2D eigenvalue weighted by Gasteiger charge is -2.32. The minimum absolute atomic E-state index is 0.0243. The third-order valence-corrected chi connectivity index (χ3v) is 3.64. The Kier molecular flexibility index (Phi) is 4.56. The molecule has 1 aromatic carbocycles. The number of nitrogens with one attached hydrogen (secondary N) is 2. The molecule has 2 rings (SSSR count). The number of rotatable bonds is 5. The van der Waals surface area contributed by atoms with Gasteiger partial charge in [-0.05, 0) is 51.3 Å². The number of carbonyl (C=O) groups excluding carboxylic acids is 1. The van der Waals surface area contributed by atoms with Crippen LogP contribution >= 0.6 is 0 Å². The van der Waals surface area contributed by atoms with Crippen LogP contribution in [0, 0.1) is 12.8 Å². The standard InChI is InChI=1S/C15H22N2O2/c1-10-3-5-13(6-4-10)17-15(19)11(2)16-9-12-7-14(18)8-12/h3-6,11-12,14,16,18H,7-9H2,1-2H3,(H,17,19). The summed E-state index contributed by atoms with van der Waals surface area (Å²) in [6.45, 7) is 4.67. The Labute approximate surface area is 114 Å². The van der Waals surface area contributed by atoms with E-state index in [1.54, 1.807) is 0 Å². The second-order valence-corrected chi connectivity index (χ2v) is 5.48. The van der Waals surface area contributed by atoms with Gasteiger partial charge in [0.05, 0.1) is 12.1 Å². The van der Waals surface area contributed by atoms with E-state index >= 15 is 0 Å². The molecule has 3 N–H and O–H groups in total. The van der Waals surface area contributed by atoms with Crippen LogP contribution in [0.15, 0.2) is 24.3 Å². The molecule has 1 atom stereocenters. The van der Waals surface area contributed by atoms with E-state index in [1.807, 2.05) is 38.1 Å². The van der Waals surface area contributed by atoms with Crippen molar-refractivity contribution in [1.29, 1.82) is 0 Å². The first-order chi connectivity index (χ1) is 9.04. The molecule has 0 bridgehead atoms. The van der Waals surface area contributed by atoms with Gasteiger partial charge < -0.3 is 15.7 Å². The highest BCUT2D eigenvalue weighted by atomic mass is 16.3. The Morgan fingerprint density at radius 1 is 1.37 bits per heavy atom. The number of anilines is 1. The van der Waals surface area contributed by atoms with Gasteiger partial charge in [-0.25, -0.2) is 0 Å². The Hall–Kier alpha value is -1.39. The van der Waals surface area contributed by atoms with Crippen molar-refractivity contribution in [3.05, 3.63) is 29.8 Å². The third kappa shape index (κ3) is 4.04. The zero-order valence-electron chi connectivity index (χ0n) is 11.5. The number of aliphatic hydroxyl groups is 1. The molecule has 1 fully saturated rings. The highest BCUT2D eigenvalue weighted by Gasteiger charge is 2.27. The fourth-order valence-corrected chi connectivity index (χ4v) is 2.19. The molecule has 4 nitrogen and oxygen atoms in total. The predicted octanol–water partition coefficient (Wildman–Crippen LogP) is 1.68. The van der Waals surface area contributed by atoms with Gasteiger partial charge >= 0.3 is 0 Å². The van der Waals surface area contributed by atoms with Gasteiger partial charge in [0.1, 0.15) is 0 Å². The van der Waals surface area contributed by atoms with E-state index < -0.39 is 0 Å². The van der Waals surface area contributed by atoms with Crippen molar-refractivity contribution in [2.45, 2.75) is 38.8 Å². The predicted molar refractivity (Wildman–Crippen MR) is 76.0 cm³/mol. The van der Waals surface area contributed by atoms with Crippen LogP contribution in [0.3, 0.4) is 0 Å². The van der Waals surface area contributed by atoms with Crippen molar-refractivity contribution in [2.75, 3.05) is 11.9 Å². The number of aliphatic hydroxyl groups excluding tert-OH is 1. The van der Waals surface area contributed by atoms with Gasteiger partial charge in [-0.3, -0.25) is 4.79 Å². The molecule has 0 aliphatic heterocycles. The van der Waals surface area contributed by atoms with Gasteiger partial charge in [0, 0.05) is 5.69 Å². The zero-order chi connectivity index (χ0) is 13.8. The van der Waals surface area contributed by atoms with E-state index in [4.69, 9.17) is 0 Å². The average Bonchev–Trinajstić information content (AvgIpc) is 2.35. The largest absolute Gasteiger partial charge is 0.393 e. The molecular weight excluding hydrogens is 240 g/mol. The first-order valence-corrected chi connectivity index (χ1v) is 6.83. The summed E-state index contributed by atoms with van der Waals surface area (Å²) >= 11 is 0. The summed E-state index contributed by atoms with van der Waals surface area (Å²) in [6.07, 6.45) is 1.56. The summed E-state index contributed by atoms with van der Waals surface area (Å²) in [5.41, 5.74) is 2.00. The van der Waals surface area contributed by atoms with E-state index in [1.165, 1.54) is 5.56 Å². The molecule has 0 aromatic heterocycles. The summed E-state index contributed by atoms with van der Waals surface area (Å²) in [5, 5.41) is 15.3. The first-order valence-electron chi connectivity index (χ1n) is 6.83. The summed E-state index contributed by atoms with van der Waals surface area (Å²) in [7, 11) is 0. The van der Waals surface area contributed by atoms with Crippen molar-refractivity contribution < 1.29 is 9.90 Å². The van der Waals surface area contributed by atoms with E-state index in [9.17, 15) is 9.90 Å². The second-order valence-electron chi connectivity index (χ2n) is 5.48. The number of amides is 1. The maximum atomic E-state index is 12.0. The van der Waals surface area contributed by atoms with Crippen LogP contribution in [0.1, 0.15) is 25.3 Å². The molecule has 19 heavy (non-hydrogen) atoms. The molecule has 104 valence electrons. The molecule has 1 aliphatic carbocycles. The number of carbonyl (C=O) groups is 1. The van der Waals surface area contributed by atoms with Gasteiger partial charge in [-0.2, -0.15) is 0 Å². The van der Waals surface area contributed by atoms with Gasteiger partial charge in [-0.1, -0.05) is 17.7 Å². The fraction of sp³-hybridized carbons (Fsp3) is 0.533. The van der Waals surface area contributed by atoms with E-state index in [2.05, 4.69) is 10.6 Å². The van der Waals surface area contributed by atoms with Gasteiger partial charge in [0.15, 0.2) is 0 Å². The Morgan fingerprint density at radius 2 is 2.00 bits per heavy atom. The number of aryl methyl sites for hydroxylation is 1. The lowest BCUT2D eigenvalue weighted by Crippen LogP contribution is -2.44. The van der Waals surface area contributed by atoms with Crippen molar-refractivity contribution >= 4 is 11.6 Å². The van der Waals surface area contributed by atoms with Crippen molar-refractivity contribution in [3.8, 4) is 0 Å². The smallest absolute Gasteiger partial charge is 0.241 e. The molecular formula is C15H22N2O2. The Balaban J connectivity index is 1.74. The molecule has 1 aromatic rings. The minimum Gasteiger partial charge on any atom is -0.393 e. The van der Waals surface area contributed by atoms with E-state index in [0.717, 1.165) is 25.1 Å². The summed E-state index contributed by atoms with van der Waals surface area (Å²) < 4.78 is 0. The lowest BCUT2D eigenvalue weighted by molar-refractivity contribution is -0.117. The molecule has 4 heteroatoms. The van der Waals surface area contributed by atoms with Crippen LogP contribution in [0.4, 0.5) is 5.69 Å². The second kappa shape index (κ2) is 6.17. The van der Waals surface area contributed by atoms with Crippen LogP contribution in [-0.4, -0.2) is 29.7 Å². The molecule has 0 heterocycles. The monoisotopic (exact) mass is 262 g/mol. The van der Waals surface area contributed by atoms with Crippen LogP contribution < -0.4 is 10.6 Å². The van der Waals surface area contributed by atoms with Crippen LogP contribution in [0.25, 0.3) is 0 Å². The lowest BCUT2D eigenvalue weighted by atomic mass is 9.82. The Bertz CT molecular complexity index is 424. The maximum Gasteiger partial charge on any atom is 0.241 e. The summed E-state index contributed by atoms with van der Waals surface area (Å²) in [5.74, 6) is 0.480. The third-order valence-electron chi connectivity index (χ3n) is 3.64. The first kappa shape index (κ1) is 14.0. The zero-order valence-corrected chi connectivity index (χ0v) is 11.5. The van der Waals surface area contributed by atoms with Crippen molar-refractivity contribution in [3.63, 3.8) is 0 Å². The number of hydrogen-bond donors (Lipinski definition) is 3. The summed E-state index contributed by atoms with van der Waals surface area (Å²) in [6, 6.07) is 7.54. The quantitative estimate of drug-likeness (QED) is 0.756. The number of hydrogen-bond acceptors (Lipinski definition) is 3. The normalized spacial score (nSPS) is 23.5. The van der Waals surface area contributed by atoms with Crippen LogP contribution in [0.2, 0.25) is 0 Å².